The zero-order valence-electron chi connectivity index (χ0n) is 18.7. The van der Waals surface area contributed by atoms with E-state index in [2.05, 4.69) is 35.1 Å². The summed E-state index contributed by atoms with van der Waals surface area (Å²) in [6.07, 6.45) is 7.72. The van der Waals surface area contributed by atoms with Crippen molar-refractivity contribution in [2.45, 2.75) is 84.2 Å². The van der Waals surface area contributed by atoms with E-state index in [0.717, 1.165) is 59.1 Å². The summed E-state index contributed by atoms with van der Waals surface area (Å²) in [5.74, 6) is -0.558. The van der Waals surface area contributed by atoms with Gasteiger partial charge in [-0.25, -0.2) is 4.79 Å². The minimum atomic E-state index is -0.393. The van der Waals surface area contributed by atoms with Gasteiger partial charge in [-0.05, 0) is 62.1 Å². The number of nitrogens with one attached hydrogen (secondary N) is 1. The number of esters is 1. The molecule has 2 aliphatic carbocycles. The third kappa shape index (κ3) is 4.82. The third-order valence-electron chi connectivity index (χ3n) is 6.72. The average molecular weight is 486 g/mol. The van der Waals surface area contributed by atoms with Crippen LogP contribution in [0, 0.1) is 5.41 Å². The van der Waals surface area contributed by atoms with E-state index >= 15 is 0 Å². The number of ketones is 1. The molecule has 3 aliphatic rings. The monoisotopic (exact) mass is 485 g/mol. The van der Waals surface area contributed by atoms with Gasteiger partial charge in [-0.3, -0.25) is 4.79 Å². The molecule has 1 aromatic rings. The molecule has 0 bridgehead atoms. The molecule has 0 radical (unpaired) electrons. The largest absolute Gasteiger partial charge is 0.459 e. The van der Waals surface area contributed by atoms with Crippen molar-refractivity contribution in [2.24, 2.45) is 5.41 Å². The molecule has 1 heterocycles. The number of ether oxygens (including phenoxy) is 1. The molecule has 4 nitrogen and oxygen atoms in total. The maximum atomic E-state index is 13.5. The molecule has 1 N–H and O–H groups in total. The molecule has 0 spiro atoms. The van der Waals surface area contributed by atoms with Gasteiger partial charge in [-0.1, -0.05) is 54.8 Å². The molecule has 1 fully saturated rings. The number of dihydropyridines is 1. The van der Waals surface area contributed by atoms with Gasteiger partial charge in [-0.15, -0.1) is 0 Å². The number of halogens is 1. The number of hydrogen-bond acceptors (Lipinski definition) is 4. The van der Waals surface area contributed by atoms with Gasteiger partial charge >= 0.3 is 5.97 Å². The normalized spacial score (nSPS) is 24.4. The smallest absolute Gasteiger partial charge is 0.337 e. The first-order valence-electron chi connectivity index (χ1n) is 11.5. The van der Waals surface area contributed by atoms with Crippen LogP contribution in [-0.4, -0.2) is 17.9 Å². The first kappa shape index (κ1) is 22.3. The number of Topliss-reactive ketones (excluding diaryl/α,β-unsaturated/α-hetero) is 1. The van der Waals surface area contributed by atoms with Crippen molar-refractivity contribution < 1.29 is 14.3 Å². The molecule has 1 atom stereocenters. The summed E-state index contributed by atoms with van der Waals surface area (Å²) in [7, 11) is 0. The van der Waals surface area contributed by atoms with Crippen molar-refractivity contribution >= 4 is 27.7 Å². The highest BCUT2D eigenvalue weighted by Crippen LogP contribution is 2.47. The fourth-order valence-electron chi connectivity index (χ4n) is 5.30. The van der Waals surface area contributed by atoms with E-state index in [-0.39, 0.29) is 23.3 Å². The minimum absolute atomic E-state index is 0.0326. The Bertz CT molecular complexity index is 951. The lowest BCUT2D eigenvalue weighted by Gasteiger charge is -2.39. The standard InChI is InChI=1S/C26H32BrNO3/c1-16-22(25(30)31-19-11-6-4-5-7-12-19)23(17-9-8-10-18(27)13-17)24-20(28-16)14-26(2,3)15-21(24)29/h8-10,13,19,23,28H,4-7,11-12,14-15H2,1-3H3. The maximum Gasteiger partial charge on any atom is 0.337 e. The second-order valence-electron chi connectivity index (χ2n) is 10.0. The number of carbonyl (C=O) groups excluding carboxylic acids is 2. The van der Waals surface area contributed by atoms with Crippen LogP contribution in [0.1, 0.15) is 83.6 Å². The van der Waals surface area contributed by atoms with E-state index in [4.69, 9.17) is 4.74 Å². The highest BCUT2D eigenvalue weighted by atomic mass is 79.9. The summed E-state index contributed by atoms with van der Waals surface area (Å²) in [5.41, 5.74) is 3.92. The Kier molecular flexibility index (Phi) is 6.43. The molecule has 0 saturated heterocycles. The number of benzene rings is 1. The fourth-order valence-corrected chi connectivity index (χ4v) is 5.72. The molecule has 1 unspecified atom stereocenters. The van der Waals surface area contributed by atoms with Gasteiger partial charge in [0.05, 0.1) is 5.57 Å². The molecule has 1 aliphatic heterocycles. The Balaban J connectivity index is 1.74. The van der Waals surface area contributed by atoms with Crippen LogP contribution in [0.2, 0.25) is 0 Å². The van der Waals surface area contributed by atoms with Crippen molar-refractivity contribution in [3.8, 4) is 0 Å². The molecule has 4 rings (SSSR count). The van der Waals surface area contributed by atoms with Crippen LogP contribution in [0.25, 0.3) is 0 Å². The predicted molar refractivity (Wildman–Crippen MR) is 125 cm³/mol. The van der Waals surface area contributed by atoms with E-state index in [1.54, 1.807) is 0 Å². The maximum absolute atomic E-state index is 13.5. The zero-order chi connectivity index (χ0) is 22.2. The Morgan fingerprint density at radius 1 is 1.13 bits per heavy atom. The Hall–Kier alpha value is -1.88. The summed E-state index contributed by atoms with van der Waals surface area (Å²) < 4.78 is 6.97. The molecule has 5 heteroatoms. The molecule has 1 saturated carbocycles. The Morgan fingerprint density at radius 2 is 1.84 bits per heavy atom. The Morgan fingerprint density at radius 3 is 2.52 bits per heavy atom. The second-order valence-corrected chi connectivity index (χ2v) is 10.9. The quantitative estimate of drug-likeness (QED) is 0.401. The van der Waals surface area contributed by atoms with Crippen LogP contribution in [0.4, 0.5) is 0 Å². The van der Waals surface area contributed by atoms with Crippen molar-refractivity contribution in [3.05, 3.63) is 56.8 Å². The molecule has 0 aromatic heterocycles. The van der Waals surface area contributed by atoms with Gasteiger partial charge in [0.15, 0.2) is 5.78 Å². The molecular formula is C26H32BrNO3. The van der Waals surface area contributed by atoms with E-state index in [9.17, 15) is 9.59 Å². The molecule has 166 valence electrons. The first-order chi connectivity index (χ1) is 14.7. The first-order valence-corrected chi connectivity index (χ1v) is 12.2. The Labute approximate surface area is 193 Å². The second kappa shape index (κ2) is 8.93. The third-order valence-corrected chi connectivity index (χ3v) is 7.21. The van der Waals surface area contributed by atoms with Crippen LogP contribution in [-0.2, 0) is 14.3 Å². The molecule has 31 heavy (non-hydrogen) atoms. The van der Waals surface area contributed by atoms with Crippen LogP contribution in [0.15, 0.2) is 51.3 Å². The van der Waals surface area contributed by atoms with Crippen molar-refractivity contribution in [2.75, 3.05) is 0 Å². The van der Waals surface area contributed by atoms with Gasteiger partial charge in [0, 0.05) is 33.8 Å². The summed E-state index contributed by atoms with van der Waals surface area (Å²) in [6.45, 7) is 6.18. The highest BCUT2D eigenvalue weighted by molar-refractivity contribution is 9.10. The van der Waals surface area contributed by atoms with Gasteiger partial charge in [0.2, 0.25) is 0 Å². The minimum Gasteiger partial charge on any atom is -0.459 e. The lowest BCUT2D eigenvalue weighted by molar-refractivity contribution is -0.145. The predicted octanol–water partition coefficient (Wildman–Crippen LogP) is 6.32. The van der Waals surface area contributed by atoms with Crippen LogP contribution >= 0.6 is 15.9 Å². The van der Waals surface area contributed by atoms with Crippen molar-refractivity contribution in [3.63, 3.8) is 0 Å². The summed E-state index contributed by atoms with van der Waals surface area (Å²) in [6, 6.07) is 7.94. The van der Waals surface area contributed by atoms with Crippen molar-refractivity contribution in [1.82, 2.24) is 5.32 Å². The van der Waals surface area contributed by atoms with E-state index in [0.29, 0.717) is 12.0 Å². The number of hydrogen-bond donors (Lipinski definition) is 1. The van der Waals surface area contributed by atoms with Gasteiger partial charge < -0.3 is 10.1 Å². The molecule has 1 aromatic carbocycles. The number of carbonyl (C=O) groups is 2. The van der Waals surface area contributed by atoms with E-state index in [1.807, 2.05) is 31.2 Å². The lowest BCUT2D eigenvalue weighted by Crippen LogP contribution is -2.39. The fraction of sp³-hybridized carbons (Fsp3) is 0.538. The van der Waals surface area contributed by atoms with Gasteiger partial charge in [0.1, 0.15) is 6.10 Å². The van der Waals surface area contributed by atoms with Crippen molar-refractivity contribution in [1.29, 1.82) is 0 Å². The molecule has 0 amide bonds. The van der Waals surface area contributed by atoms with Gasteiger partial charge in [0.25, 0.3) is 0 Å². The van der Waals surface area contributed by atoms with Crippen LogP contribution in [0.3, 0.4) is 0 Å². The average Bonchev–Trinajstić information content (AvgIpc) is 2.94. The SMILES string of the molecule is CC1=C(C(=O)OC2CCCCCC2)C(c2cccc(Br)c2)C2=C(CC(C)(C)CC2=O)N1. The van der Waals surface area contributed by atoms with Crippen LogP contribution in [0.5, 0.6) is 0 Å². The summed E-state index contributed by atoms with van der Waals surface area (Å²) in [4.78, 5) is 26.8. The number of rotatable bonds is 3. The van der Waals surface area contributed by atoms with E-state index < -0.39 is 5.92 Å². The summed E-state index contributed by atoms with van der Waals surface area (Å²) in [5, 5.41) is 3.43. The molecular weight excluding hydrogens is 454 g/mol. The van der Waals surface area contributed by atoms with Gasteiger partial charge in [-0.2, -0.15) is 0 Å². The summed E-state index contributed by atoms with van der Waals surface area (Å²) >= 11 is 3.56. The van der Waals surface area contributed by atoms with Crippen LogP contribution < -0.4 is 5.32 Å². The number of allylic oxidation sites excluding steroid dienone is 3. The lowest BCUT2D eigenvalue weighted by atomic mass is 9.68. The topological polar surface area (TPSA) is 55.4 Å². The highest BCUT2D eigenvalue weighted by Gasteiger charge is 2.43. The zero-order valence-corrected chi connectivity index (χ0v) is 20.3. The van der Waals surface area contributed by atoms with E-state index in [1.165, 1.54) is 12.8 Å².